The first-order valence-electron chi connectivity index (χ1n) is 11.9. The van der Waals surface area contributed by atoms with E-state index in [4.69, 9.17) is 27.7 Å². The number of nitrogens with zero attached hydrogens (tertiary/aromatic N) is 3. The van der Waals surface area contributed by atoms with Crippen LogP contribution in [0, 0.1) is 5.92 Å². The number of halogens is 2. The quantitative estimate of drug-likeness (QED) is 0.436. The Hall–Kier alpha value is -2.94. The second-order valence-electron chi connectivity index (χ2n) is 9.20. The number of hydrogen-bond acceptors (Lipinski definition) is 6. The van der Waals surface area contributed by atoms with E-state index < -0.39 is 5.91 Å². The number of nitrogens with one attached hydrogen (secondary N) is 2. The Morgan fingerprint density at radius 2 is 1.69 bits per heavy atom. The molecule has 36 heavy (non-hydrogen) atoms. The van der Waals surface area contributed by atoms with Gasteiger partial charge in [-0.05, 0) is 63.4 Å². The normalized spacial score (nSPS) is 18.6. The highest BCUT2D eigenvalue weighted by Gasteiger charge is 2.30. The first kappa shape index (κ1) is 26.1. The van der Waals surface area contributed by atoms with Crippen LogP contribution in [-0.4, -0.2) is 53.5 Å². The van der Waals surface area contributed by atoms with Crippen LogP contribution >= 0.6 is 23.2 Å². The molecule has 0 bridgehead atoms. The molecule has 0 radical (unpaired) electrons. The summed E-state index contributed by atoms with van der Waals surface area (Å²) in [6.07, 6.45) is 3.83. The van der Waals surface area contributed by atoms with Gasteiger partial charge in [-0.3, -0.25) is 9.59 Å². The van der Waals surface area contributed by atoms with Crippen LogP contribution < -0.4 is 10.6 Å². The predicted octanol–water partition coefficient (Wildman–Crippen LogP) is 4.75. The molecule has 1 fully saturated rings. The lowest BCUT2D eigenvalue weighted by Gasteiger charge is -2.37. The summed E-state index contributed by atoms with van der Waals surface area (Å²) in [6.45, 7) is -0.187. The molecule has 1 unspecified atom stereocenters. The van der Waals surface area contributed by atoms with E-state index in [-0.39, 0.29) is 30.2 Å². The Bertz CT molecular complexity index is 1170. The standard InChI is InChI=1S/C26H29Cl2N5O3/c1-33(2)23(16-7-4-3-5-8-16)17-11-13-18(14-12-17)30-21(34)15-29-25(35)26-31-24(32-36-26)22-19(27)9-6-10-20(22)28/h3-10,17-18,23H,11-15H2,1-2H3,(H,29,35)(H,30,34). The van der Waals surface area contributed by atoms with Crippen LogP contribution in [0.25, 0.3) is 11.4 Å². The minimum atomic E-state index is -0.646. The van der Waals surface area contributed by atoms with E-state index in [2.05, 4.69) is 64.0 Å². The van der Waals surface area contributed by atoms with E-state index in [9.17, 15) is 9.59 Å². The van der Waals surface area contributed by atoms with Gasteiger partial charge in [0.05, 0.1) is 22.2 Å². The predicted molar refractivity (Wildman–Crippen MR) is 139 cm³/mol. The summed E-state index contributed by atoms with van der Waals surface area (Å²) in [5.41, 5.74) is 1.69. The average Bonchev–Trinajstić information content (AvgIpc) is 3.34. The van der Waals surface area contributed by atoms with Crippen LogP contribution in [0.4, 0.5) is 0 Å². The summed E-state index contributed by atoms with van der Waals surface area (Å²) in [7, 11) is 4.23. The largest absolute Gasteiger partial charge is 0.352 e. The molecule has 0 aliphatic heterocycles. The molecule has 1 saturated carbocycles. The zero-order chi connectivity index (χ0) is 25.7. The second-order valence-corrected chi connectivity index (χ2v) is 10.0. The SMILES string of the molecule is CN(C)C(c1ccccc1)C1CCC(NC(=O)CNC(=O)c2nc(-c3c(Cl)cccc3Cl)no2)CC1. The Kier molecular flexibility index (Phi) is 8.61. The number of carbonyl (C=O) groups is 2. The molecule has 2 N–H and O–H groups in total. The summed E-state index contributed by atoms with van der Waals surface area (Å²) >= 11 is 12.3. The van der Waals surface area contributed by atoms with Crippen LogP contribution in [0.15, 0.2) is 53.1 Å². The van der Waals surface area contributed by atoms with Crippen molar-refractivity contribution in [3.63, 3.8) is 0 Å². The van der Waals surface area contributed by atoms with Crippen molar-refractivity contribution in [2.24, 2.45) is 5.92 Å². The van der Waals surface area contributed by atoms with Gasteiger partial charge in [0.2, 0.25) is 11.7 Å². The molecule has 0 spiro atoms. The minimum Gasteiger partial charge on any atom is -0.352 e. The lowest BCUT2D eigenvalue weighted by atomic mass is 9.78. The molecule has 2 amide bonds. The van der Waals surface area contributed by atoms with Gasteiger partial charge in [0.25, 0.3) is 0 Å². The van der Waals surface area contributed by atoms with Crippen molar-refractivity contribution in [1.29, 1.82) is 0 Å². The maximum Gasteiger partial charge on any atom is 0.316 e. The van der Waals surface area contributed by atoms with Gasteiger partial charge < -0.3 is 20.1 Å². The van der Waals surface area contributed by atoms with Crippen LogP contribution in [-0.2, 0) is 4.79 Å². The summed E-state index contributed by atoms with van der Waals surface area (Å²) in [5, 5.41) is 10.0. The highest BCUT2D eigenvalue weighted by molar-refractivity contribution is 6.38. The Balaban J connectivity index is 1.26. The van der Waals surface area contributed by atoms with Crippen molar-refractivity contribution in [1.82, 2.24) is 25.7 Å². The topological polar surface area (TPSA) is 100 Å². The summed E-state index contributed by atoms with van der Waals surface area (Å²) in [6, 6.07) is 15.9. The van der Waals surface area contributed by atoms with Crippen molar-refractivity contribution in [3.05, 3.63) is 70.0 Å². The molecule has 2 aromatic carbocycles. The first-order chi connectivity index (χ1) is 17.3. The molecule has 1 atom stereocenters. The third kappa shape index (κ3) is 6.24. The lowest BCUT2D eigenvalue weighted by molar-refractivity contribution is -0.121. The molecule has 1 aliphatic carbocycles. The lowest BCUT2D eigenvalue weighted by Crippen LogP contribution is -2.44. The van der Waals surface area contributed by atoms with E-state index in [1.54, 1.807) is 18.2 Å². The molecule has 3 aromatic rings. The fraction of sp³-hybridized carbons (Fsp3) is 0.385. The van der Waals surface area contributed by atoms with Crippen molar-refractivity contribution < 1.29 is 14.1 Å². The highest BCUT2D eigenvalue weighted by atomic mass is 35.5. The van der Waals surface area contributed by atoms with Gasteiger partial charge >= 0.3 is 11.8 Å². The molecule has 190 valence electrons. The molecule has 0 saturated heterocycles. The maximum absolute atomic E-state index is 12.5. The molecule has 1 heterocycles. The number of carbonyl (C=O) groups excluding carboxylic acids is 2. The number of benzene rings is 2. The van der Waals surface area contributed by atoms with E-state index in [0.717, 1.165) is 25.7 Å². The summed E-state index contributed by atoms with van der Waals surface area (Å²) < 4.78 is 5.04. The average molecular weight is 530 g/mol. The second kappa shape index (κ2) is 11.9. The Morgan fingerprint density at radius 1 is 1.03 bits per heavy atom. The van der Waals surface area contributed by atoms with Crippen LogP contribution in [0.5, 0.6) is 0 Å². The zero-order valence-corrected chi connectivity index (χ0v) is 21.7. The van der Waals surface area contributed by atoms with E-state index >= 15 is 0 Å². The third-order valence-electron chi connectivity index (χ3n) is 6.50. The Morgan fingerprint density at radius 3 is 2.33 bits per heavy atom. The Labute approximate surface area is 220 Å². The summed E-state index contributed by atoms with van der Waals surface area (Å²) in [4.78, 5) is 31.2. The molecule has 1 aromatic heterocycles. The van der Waals surface area contributed by atoms with Crippen LogP contribution in [0.3, 0.4) is 0 Å². The minimum absolute atomic E-state index is 0.0848. The molecular formula is C26H29Cl2N5O3. The van der Waals surface area contributed by atoms with Gasteiger partial charge in [-0.15, -0.1) is 0 Å². The zero-order valence-electron chi connectivity index (χ0n) is 20.2. The van der Waals surface area contributed by atoms with E-state index in [0.29, 0.717) is 27.6 Å². The van der Waals surface area contributed by atoms with Crippen LogP contribution in [0.2, 0.25) is 10.0 Å². The molecule has 10 heteroatoms. The molecule has 4 rings (SSSR count). The van der Waals surface area contributed by atoms with Gasteiger partial charge in [0.15, 0.2) is 0 Å². The third-order valence-corrected chi connectivity index (χ3v) is 7.13. The molecular weight excluding hydrogens is 501 g/mol. The number of amides is 2. The number of rotatable bonds is 8. The van der Waals surface area contributed by atoms with Gasteiger partial charge in [-0.25, -0.2) is 0 Å². The molecule has 1 aliphatic rings. The van der Waals surface area contributed by atoms with Gasteiger partial charge in [-0.1, -0.05) is 64.8 Å². The first-order valence-corrected chi connectivity index (χ1v) is 12.7. The van der Waals surface area contributed by atoms with Crippen LogP contribution in [0.1, 0.15) is 48.0 Å². The highest BCUT2D eigenvalue weighted by Crippen LogP contribution is 2.37. The van der Waals surface area contributed by atoms with Crippen molar-refractivity contribution in [2.75, 3.05) is 20.6 Å². The number of aromatic nitrogens is 2. The van der Waals surface area contributed by atoms with Gasteiger partial charge in [0.1, 0.15) is 0 Å². The monoisotopic (exact) mass is 529 g/mol. The number of hydrogen-bond donors (Lipinski definition) is 2. The van der Waals surface area contributed by atoms with Crippen molar-refractivity contribution in [3.8, 4) is 11.4 Å². The summed E-state index contributed by atoms with van der Waals surface area (Å²) in [5.74, 6) is -0.553. The van der Waals surface area contributed by atoms with E-state index in [1.807, 2.05) is 6.07 Å². The fourth-order valence-electron chi connectivity index (χ4n) is 4.86. The van der Waals surface area contributed by atoms with Crippen molar-refractivity contribution >= 4 is 35.0 Å². The molecule has 8 nitrogen and oxygen atoms in total. The smallest absolute Gasteiger partial charge is 0.316 e. The maximum atomic E-state index is 12.5. The van der Waals surface area contributed by atoms with E-state index in [1.165, 1.54) is 5.56 Å². The van der Waals surface area contributed by atoms with Gasteiger partial charge in [0, 0.05) is 12.1 Å². The van der Waals surface area contributed by atoms with Crippen molar-refractivity contribution in [2.45, 2.75) is 37.8 Å². The fourth-order valence-corrected chi connectivity index (χ4v) is 5.43. The van der Waals surface area contributed by atoms with Gasteiger partial charge in [-0.2, -0.15) is 4.98 Å².